The summed E-state index contributed by atoms with van der Waals surface area (Å²) in [5, 5.41) is 5.04. The lowest BCUT2D eigenvalue weighted by Crippen LogP contribution is -2.45. The highest BCUT2D eigenvalue weighted by Gasteiger charge is 2.34. The van der Waals surface area contributed by atoms with E-state index in [9.17, 15) is 19.2 Å². The number of rotatable bonds is 7. The van der Waals surface area contributed by atoms with Crippen LogP contribution in [0.3, 0.4) is 0 Å². The Morgan fingerprint density at radius 1 is 1.10 bits per heavy atom. The summed E-state index contributed by atoms with van der Waals surface area (Å²) in [6.07, 6.45) is 3.33. The molecule has 4 amide bonds. The van der Waals surface area contributed by atoms with E-state index in [2.05, 4.69) is 25.4 Å². The SMILES string of the molecule is COC(=O)NC[C@H]1CN(c2cc(F)c(N3CCCN(C(=O)CNC(=O)C4CN5C=CC=NC5=N4)CC3)c(F)c2)C(=O)O1. The Hall–Kier alpha value is -4.76. The molecule has 0 aliphatic carbocycles. The van der Waals surface area contributed by atoms with Gasteiger partial charge in [-0.3, -0.25) is 14.5 Å². The maximum atomic E-state index is 15.2. The quantitative estimate of drug-likeness (QED) is 0.466. The number of allylic oxidation sites excluding steroid dienone is 1. The minimum atomic E-state index is -0.866. The largest absolute Gasteiger partial charge is 0.453 e. The molecule has 5 rings (SSSR count). The first-order valence-electron chi connectivity index (χ1n) is 13.4. The molecule has 0 bridgehead atoms. The van der Waals surface area contributed by atoms with Crippen molar-refractivity contribution in [2.75, 3.05) is 69.3 Å². The molecule has 1 unspecified atom stereocenters. The highest BCUT2D eigenvalue weighted by Crippen LogP contribution is 2.31. The van der Waals surface area contributed by atoms with Gasteiger partial charge in [0.2, 0.25) is 17.8 Å². The number of aliphatic imine (C=N–C) groups is 2. The van der Waals surface area contributed by atoms with Crippen LogP contribution in [0.1, 0.15) is 6.42 Å². The minimum absolute atomic E-state index is 0.0180. The van der Waals surface area contributed by atoms with Crippen molar-refractivity contribution in [1.82, 2.24) is 20.4 Å². The van der Waals surface area contributed by atoms with Crippen LogP contribution in [-0.4, -0.2) is 118 Å². The van der Waals surface area contributed by atoms with Gasteiger partial charge in [0, 0.05) is 50.7 Å². The van der Waals surface area contributed by atoms with Gasteiger partial charge in [-0.05, 0) is 12.5 Å². The van der Waals surface area contributed by atoms with Gasteiger partial charge >= 0.3 is 12.2 Å². The molecule has 1 aromatic carbocycles. The number of cyclic esters (lactones) is 1. The van der Waals surface area contributed by atoms with Crippen LogP contribution in [0.15, 0.2) is 34.4 Å². The van der Waals surface area contributed by atoms with E-state index in [4.69, 9.17) is 4.74 Å². The van der Waals surface area contributed by atoms with Crippen molar-refractivity contribution in [1.29, 1.82) is 0 Å². The maximum Gasteiger partial charge on any atom is 0.414 e. The highest BCUT2D eigenvalue weighted by atomic mass is 19.1. The summed E-state index contributed by atoms with van der Waals surface area (Å²) < 4.78 is 40.1. The topological polar surface area (TPSA) is 148 Å². The molecule has 2 saturated heterocycles. The third-order valence-electron chi connectivity index (χ3n) is 7.17. The second kappa shape index (κ2) is 12.4. The Bertz CT molecular complexity index is 1330. The summed E-state index contributed by atoms with van der Waals surface area (Å²) in [4.78, 5) is 63.2. The fraction of sp³-hybridized carbons (Fsp3) is 0.462. The minimum Gasteiger partial charge on any atom is -0.453 e. The van der Waals surface area contributed by atoms with Crippen molar-refractivity contribution >= 4 is 47.5 Å². The number of carbonyl (C=O) groups excluding carboxylic acids is 4. The molecule has 0 aromatic heterocycles. The molecular weight excluding hydrogens is 558 g/mol. The number of ether oxygens (including phenoxy) is 2. The molecule has 2 fully saturated rings. The zero-order valence-electron chi connectivity index (χ0n) is 22.8. The second-order valence-corrected chi connectivity index (χ2v) is 9.90. The molecular formula is C26H30F2N8O6. The average Bonchev–Trinajstić information content (AvgIpc) is 3.50. The fourth-order valence-corrected chi connectivity index (χ4v) is 5.05. The lowest BCUT2D eigenvalue weighted by atomic mass is 10.2. The van der Waals surface area contributed by atoms with E-state index >= 15 is 8.78 Å². The number of hydrogen-bond donors (Lipinski definition) is 2. The standard InChI is InChI=1S/C26H30F2N8O6/c1-41-25(39)31-12-17-14-36(26(40)42-17)16-10-18(27)22(19(28)11-16)34-7-3-6-33(8-9-34)21(37)13-30-23(38)20-15-35-5-2-4-29-24(35)32-20/h2,4-5,10-11,17,20H,3,6-9,12-15H2,1H3,(H,30,38)(H,31,39)/t17-,20?/m0/s1. The number of benzene rings is 1. The van der Waals surface area contributed by atoms with Crippen molar-refractivity contribution in [3.63, 3.8) is 0 Å². The molecule has 4 aliphatic rings. The monoisotopic (exact) mass is 588 g/mol. The van der Waals surface area contributed by atoms with Gasteiger partial charge in [0.25, 0.3) is 0 Å². The zero-order valence-corrected chi connectivity index (χ0v) is 22.8. The Labute approximate surface area is 239 Å². The molecule has 4 aliphatic heterocycles. The van der Waals surface area contributed by atoms with E-state index < -0.39 is 36.0 Å². The predicted molar refractivity (Wildman–Crippen MR) is 146 cm³/mol. The maximum absolute atomic E-state index is 15.2. The Morgan fingerprint density at radius 2 is 1.88 bits per heavy atom. The van der Waals surface area contributed by atoms with Gasteiger partial charge < -0.3 is 34.8 Å². The highest BCUT2D eigenvalue weighted by molar-refractivity contribution is 5.98. The molecule has 16 heteroatoms. The first-order valence-corrected chi connectivity index (χ1v) is 13.4. The van der Waals surface area contributed by atoms with E-state index in [0.717, 1.165) is 17.0 Å². The molecule has 0 saturated carbocycles. The first-order chi connectivity index (χ1) is 20.2. The number of halogens is 2. The number of guanidine groups is 1. The van der Waals surface area contributed by atoms with Crippen LogP contribution >= 0.6 is 0 Å². The van der Waals surface area contributed by atoms with Crippen LogP contribution in [0.2, 0.25) is 0 Å². The van der Waals surface area contributed by atoms with Crippen LogP contribution in [0.4, 0.5) is 29.7 Å². The van der Waals surface area contributed by atoms with Crippen LogP contribution in [0.5, 0.6) is 0 Å². The number of nitrogens with one attached hydrogen (secondary N) is 2. The number of nitrogens with zero attached hydrogens (tertiary/aromatic N) is 6. The van der Waals surface area contributed by atoms with Gasteiger partial charge in [-0.25, -0.2) is 28.4 Å². The summed E-state index contributed by atoms with van der Waals surface area (Å²) >= 11 is 0. The summed E-state index contributed by atoms with van der Waals surface area (Å²) in [5.74, 6) is -1.99. The number of fused-ring (bicyclic) bond motifs is 1. The Balaban J connectivity index is 1.15. The number of methoxy groups -OCH3 is 1. The average molecular weight is 589 g/mol. The third kappa shape index (κ3) is 6.26. The molecule has 42 heavy (non-hydrogen) atoms. The van der Waals surface area contributed by atoms with Crippen molar-refractivity contribution in [2.45, 2.75) is 18.6 Å². The molecule has 224 valence electrons. The van der Waals surface area contributed by atoms with E-state index in [1.807, 2.05) is 0 Å². The van der Waals surface area contributed by atoms with Gasteiger partial charge in [0.1, 0.15) is 11.8 Å². The van der Waals surface area contributed by atoms with Gasteiger partial charge in [-0.1, -0.05) is 0 Å². The third-order valence-corrected chi connectivity index (χ3v) is 7.17. The zero-order chi connectivity index (χ0) is 29.8. The lowest BCUT2D eigenvalue weighted by molar-refractivity contribution is -0.132. The van der Waals surface area contributed by atoms with Crippen molar-refractivity contribution in [2.24, 2.45) is 9.98 Å². The number of alkyl carbamates (subject to hydrolysis) is 1. The fourth-order valence-electron chi connectivity index (χ4n) is 5.05. The summed E-state index contributed by atoms with van der Waals surface area (Å²) in [6, 6.07) is 1.43. The number of carbonyl (C=O) groups is 4. The summed E-state index contributed by atoms with van der Waals surface area (Å²) in [5.41, 5.74) is -0.278. The Kier molecular flexibility index (Phi) is 8.49. The molecule has 0 spiro atoms. The van der Waals surface area contributed by atoms with E-state index in [0.29, 0.717) is 32.0 Å². The molecule has 14 nitrogen and oxygen atoms in total. The van der Waals surface area contributed by atoms with Gasteiger partial charge in [0.05, 0.1) is 39.0 Å². The van der Waals surface area contributed by atoms with Crippen molar-refractivity contribution in [3.8, 4) is 0 Å². The van der Waals surface area contributed by atoms with Gasteiger partial charge in [0.15, 0.2) is 17.7 Å². The van der Waals surface area contributed by atoms with E-state index in [1.54, 1.807) is 28.3 Å². The number of amides is 4. The normalized spacial score (nSPS) is 21.5. The van der Waals surface area contributed by atoms with E-state index in [1.165, 1.54) is 12.0 Å². The smallest absolute Gasteiger partial charge is 0.414 e. The van der Waals surface area contributed by atoms with Crippen LogP contribution in [0.25, 0.3) is 0 Å². The van der Waals surface area contributed by atoms with E-state index in [-0.39, 0.29) is 55.9 Å². The Morgan fingerprint density at radius 3 is 2.62 bits per heavy atom. The molecule has 4 heterocycles. The summed E-state index contributed by atoms with van der Waals surface area (Å²) in [7, 11) is 1.19. The van der Waals surface area contributed by atoms with Crippen LogP contribution < -0.4 is 20.4 Å². The number of anilines is 2. The van der Waals surface area contributed by atoms with Crippen LogP contribution in [-0.2, 0) is 19.1 Å². The molecule has 1 aromatic rings. The van der Waals surface area contributed by atoms with Gasteiger partial charge in [-0.2, -0.15) is 0 Å². The molecule has 2 atom stereocenters. The molecule has 2 N–H and O–H groups in total. The predicted octanol–water partition coefficient (Wildman–Crippen LogP) is 0.439. The van der Waals surface area contributed by atoms with Crippen molar-refractivity contribution in [3.05, 3.63) is 36.0 Å². The van der Waals surface area contributed by atoms with Gasteiger partial charge in [-0.15, -0.1) is 0 Å². The summed E-state index contributed by atoms with van der Waals surface area (Å²) in [6.45, 7) is 1.08. The van der Waals surface area contributed by atoms with Crippen molar-refractivity contribution < 1.29 is 37.4 Å². The van der Waals surface area contributed by atoms with Crippen LogP contribution in [0, 0.1) is 11.6 Å². The molecule has 0 radical (unpaired) electrons. The first kappa shape index (κ1) is 28.8. The lowest BCUT2D eigenvalue weighted by Gasteiger charge is -2.25. The number of hydrogen-bond acceptors (Lipinski definition) is 10. The second-order valence-electron chi connectivity index (χ2n) is 9.90.